The number of hydrogen-bond acceptors (Lipinski definition) is 6. The van der Waals surface area contributed by atoms with E-state index in [2.05, 4.69) is 5.32 Å². The Labute approximate surface area is 175 Å². The van der Waals surface area contributed by atoms with Gasteiger partial charge in [0.05, 0.1) is 5.88 Å². The lowest BCUT2D eigenvalue weighted by molar-refractivity contribution is -0.141. The summed E-state index contributed by atoms with van der Waals surface area (Å²) in [6.07, 6.45) is 5.68. The SMILES string of the molecule is CC(C)(C)OC(=O)N1CSC[C@H]1C(=O)N[C@@H](CSCC1CCCCC1)C(=O)O. The van der Waals surface area contributed by atoms with Crippen molar-refractivity contribution in [3.8, 4) is 0 Å². The van der Waals surface area contributed by atoms with E-state index >= 15 is 0 Å². The average molecular weight is 433 g/mol. The van der Waals surface area contributed by atoms with Gasteiger partial charge in [-0.05, 0) is 45.3 Å². The van der Waals surface area contributed by atoms with Gasteiger partial charge in [-0.3, -0.25) is 9.69 Å². The van der Waals surface area contributed by atoms with E-state index in [-0.39, 0.29) is 0 Å². The van der Waals surface area contributed by atoms with Crippen LogP contribution in [0, 0.1) is 5.92 Å². The first-order valence-corrected chi connectivity index (χ1v) is 12.2. The largest absolute Gasteiger partial charge is 0.480 e. The second-order valence-corrected chi connectivity index (χ2v) is 10.5. The number of carbonyl (C=O) groups is 3. The monoisotopic (exact) mass is 432 g/mol. The average Bonchev–Trinajstić information content (AvgIpc) is 3.10. The van der Waals surface area contributed by atoms with Gasteiger partial charge in [-0.1, -0.05) is 19.3 Å². The lowest BCUT2D eigenvalue weighted by Gasteiger charge is -2.28. The summed E-state index contributed by atoms with van der Waals surface area (Å²) in [7, 11) is 0. The third kappa shape index (κ3) is 7.39. The molecule has 0 radical (unpaired) electrons. The summed E-state index contributed by atoms with van der Waals surface area (Å²) in [6.45, 7) is 5.31. The maximum Gasteiger partial charge on any atom is 0.411 e. The van der Waals surface area contributed by atoms with E-state index in [1.54, 1.807) is 32.5 Å². The molecule has 28 heavy (non-hydrogen) atoms. The highest BCUT2D eigenvalue weighted by molar-refractivity contribution is 7.99. The molecule has 0 spiro atoms. The summed E-state index contributed by atoms with van der Waals surface area (Å²) in [5.41, 5.74) is -0.648. The molecule has 1 saturated heterocycles. The molecule has 2 fully saturated rings. The molecule has 1 saturated carbocycles. The Kier molecular flexibility index (Phi) is 8.80. The summed E-state index contributed by atoms with van der Waals surface area (Å²) in [5.74, 6) is 1.25. The molecule has 1 heterocycles. The molecule has 1 aliphatic carbocycles. The van der Waals surface area contributed by atoms with Crippen molar-refractivity contribution in [2.75, 3.05) is 23.1 Å². The van der Waals surface area contributed by atoms with E-state index in [0.29, 0.717) is 23.3 Å². The van der Waals surface area contributed by atoms with Gasteiger partial charge in [0.1, 0.15) is 17.7 Å². The molecule has 160 valence electrons. The Bertz CT molecular complexity index is 561. The second kappa shape index (κ2) is 10.6. The van der Waals surface area contributed by atoms with Crippen LogP contribution in [0.25, 0.3) is 0 Å². The highest BCUT2D eigenvalue weighted by Crippen LogP contribution is 2.27. The maximum absolute atomic E-state index is 12.7. The van der Waals surface area contributed by atoms with Gasteiger partial charge in [-0.15, -0.1) is 11.8 Å². The molecule has 0 aromatic heterocycles. The highest BCUT2D eigenvalue weighted by atomic mass is 32.2. The van der Waals surface area contributed by atoms with Crippen molar-refractivity contribution in [3.63, 3.8) is 0 Å². The number of carboxylic acid groups (broad SMARTS) is 1. The highest BCUT2D eigenvalue weighted by Gasteiger charge is 2.38. The fourth-order valence-electron chi connectivity index (χ4n) is 3.31. The standard InChI is InChI=1S/C19H32N2O5S2/c1-19(2,3)26-18(25)21-12-28-11-15(21)16(22)20-14(17(23)24)10-27-9-13-7-5-4-6-8-13/h13-15H,4-12H2,1-3H3,(H,20,22)(H,23,24)/t14-,15-/m0/s1. The van der Waals surface area contributed by atoms with Crippen LogP contribution in [0.4, 0.5) is 4.79 Å². The van der Waals surface area contributed by atoms with Crippen molar-refractivity contribution in [2.45, 2.75) is 70.6 Å². The minimum Gasteiger partial charge on any atom is -0.480 e. The van der Waals surface area contributed by atoms with Gasteiger partial charge in [-0.25, -0.2) is 9.59 Å². The minimum absolute atomic E-state index is 0.337. The van der Waals surface area contributed by atoms with E-state index in [9.17, 15) is 19.5 Å². The Morgan fingerprint density at radius 3 is 2.54 bits per heavy atom. The number of thioether (sulfide) groups is 2. The van der Waals surface area contributed by atoms with Crippen LogP contribution in [0.15, 0.2) is 0 Å². The van der Waals surface area contributed by atoms with Crippen LogP contribution in [0.5, 0.6) is 0 Å². The maximum atomic E-state index is 12.7. The van der Waals surface area contributed by atoms with Crippen LogP contribution < -0.4 is 5.32 Å². The predicted octanol–water partition coefficient (Wildman–Crippen LogP) is 3.18. The Morgan fingerprint density at radius 2 is 1.93 bits per heavy atom. The second-order valence-electron chi connectivity index (χ2n) is 8.41. The quantitative estimate of drug-likeness (QED) is 0.638. The molecule has 0 unspecified atom stereocenters. The summed E-state index contributed by atoms with van der Waals surface area (Å²) in [4.78, 5) is 38.0. The molecule has 2 amide bonds. The number of amides is 2. The molecule has 7 nitrogen and oxygen atoms in total. The van der Waals surface area contributed by atoms with E-state index in [1.165, 1.54) is 48.8 Å². The van der Waals surface area contributed by atoms with Gasteiger partial charge in [0.15, 0.2) is 0 Å². The summed E-state index contributed by atoms with van der Waals surface area (Å²) < 4.78 is 5.36. The summed E-state index contributed by atoms with van der Waals surface area (Å²) in [6, 6.07) is -1.66. The number of carbonyl (C=O) groups excluding carboxylic acids is 2. The summed E-state index contributed by atoms with van der Waals surface area (Å²) in [5, 5.41) is 12.1. The van der Waals surface area contributed by atoms with Crippen LogP contribution in [0.1, 0.15) is 52.9 Å². The normalized spacial score (nSPS) is 22.0. The van der Waals surface area contributed by atoms with Crippen molar-refractivity contribution in [1.82, 2.24) is 10.2 Å². The number of carboxylic acids is 1. The number of nitrogens with one attached hydrogen (secondary N) is 1. The number of nitrogens with zero attached hydrogens (tertiary/aromatic N) is 1. The van der Waals surface area contributed by atoms with Crippen LogP contribution >= 0.6 is 23.5 Å². The first-order chi connectivity index (χ1) is 13.2. The number of rotatable bonds is 7. The number of ether oxygens (including phenoxy) is 1. The number of hydrogen-bond donors (Lipinski definition) is 2. The first kappa shape index (κ1) is 23.2. The van der Waals surface area contributed by atoms with Gasteiger partial charge < -0.3 is 15.2 Å². The third-order valence-corrected chi connectivity index (χ3v) is 7.08. The smallest absolute Gasteiger partial charge is 0.411 e. The molecule has 2 N–H and O–H groups in total. The van der Waals surface area contributed by atoms with Crippen molar-refractivity contribution in [1.29, 1.82) is 0 Å². The van der Waals surface area contributed by atoms with Crippen LogP contribution in [-0.4, -0.2) is 68.8 Å². The number of aliphatic carboxylic acids is 1. The lowest BCUT2D eigenvalue weighted by Crippen LogP contribution is -2.53. The van der Waals surface area contributed by atoms with Crippen molar-refractivity contribution in [3.05, 3.63) is 0 Å². The zero-order valence-electron chi connectivity index (χ0n) is 16.9. The van der Waals surface area contributed by atoms with Gasteiger partial charge in [0.25, 0.3) is 0 Å². The molecular formula is C19H32N2O5S2. The van der Waals surface area contributed by atoms with Gasteiger partial charge >= 0.3 is 12.1 Å². The van der Waals surface area contributed by atoms with Gasteiger partial charge in [0.2, 0.25) is 5.91 Å². The van der Waals surface area contributed by atoms with Crippen molar-refractivity contribution >= 4 is 41.5 Å². The molecule has 0 aromatic rings. The fraction of sp³-hybridized carbons (Fsp3) is 0.842. The molecular weight excluding hydrogens is 400 g/mol. The van der Waals surface area contributed by atoms with Crippen molar-refractivity contribution < 1.29 is 24.2 Å². The minimum atomic E-state index is -1.04. The van der Waals surface area contributed by atoms with E-state index in [4.69, 9.17) is 4.74 Å². The van der Waals surface area contributed by atoms with Crippen molar-refractivity contribution in [2.24, 2.45) is 5.92 Å². The zero-order chi connectivity index (χ0) is 20.7. The van der Waals surface area contributed by atoms with Crippen LogP contribution in [0.2, 0.25) is 0 Å². The molecule has 0 aromatic carbocycles. The third-order valence-electron chi connectivity index (χ3n) is 4.79. The topological polar surface area (TPSA) is 95.9 Å². The Morgan fingerprint density at radius 1 is 1.25 bits per heavy atom. The van der Waals surface area contributed by atoms with E-state index in [1.807, 2.05) is 0 Å². The lowest BCUT2D eigenvalue weighted by atomic mass is 9.91. The Hall–Kier alpha value is -1.09. The molecule has 9 heteroatoms. The van der Waals surface area contributed by atoms with Crippen LogP contribution in [-0.2, 0) is 14.3 Å². The molecule has 2 aliphatic rings. The zero-order valence-corrected chi connectivity index (χ0v) is 18.6. The first-order valence-electron chi connectivity index (χ1n) is 9.85. The summed E-state index contributed by atoms with van der Waals surface area (Å²) >= 11 is 3.05. The van der Waals surface area contributed by atoms with Crippen LogP contribution in [0.3, 0.4) is 0 Å². The fourth-order valence-corrected chi connectivity index (χ4v) is 5.72. The Balaban J connectivity index is 1.86. The molecule has 2 atom stereocenters. The molecule has 0 bridgehead atoms. The van der Waals surface area contributed by atoms with E-state index in [0.717, 1.165) is 5.75 Å². The van der Waals surface area contributed by atoms with E-state index < -0.39 is 35.7 Å². The van der Waals surface area contributed by atoms with Gasteiger partial charge in [-0.2, -0.15) is 11.8 Å². The molecule has 1 aliphatic heterocycles. The predicted molar refractivity (Wildman–Crippen MR) is 113 cm³/mol. The molecule has 2 rings (SSSR count). The van der Waals surface area contributed by atoms with Gasteiger partial charge in [0, 0.05) is 11.5 Å².